The normalized spacial score (nSPS) is 25.3. The molecule has 2 unspecified atom stereocenters. The van der Waals surface area contributed by atoms with Gasteiger partial charge in [0.2, 0.25) is 10.0 Å². The first-order valence-electron chi connectivity index (χ1n) is 8.58. The third kappa shape index (κ3) is 3.83. The van der Waals surface area contributed by atoms with Gasteiger partial charge in [-0.25, -0.2) is 13.2 Å². The van der Waals surface area contributed by atoms with Gasteiger partial charge in [0.15, 0.2) is 5.25 Å². The predicted molar refractivity (Wildman–Crippen MR) is 92.9 cm³/mol. The molecule has 1 amide bonds. The number of nitrogens with zero attached hydrogens (tertiary/aromatic N) is 2. The van der Waals surface area contributed by atoms with E-state index in [2.05, 4.69) is 0 Å². The van der Waals surface area contributed by atoms with E-state index >= 15 is 0 Å². The van der Waals surface area contributed by atoms with E-state index < -0.39 is 27.3 Å². The van der Waals surface area contributed by atoms with Gasteiger partial charge in [-0.3, -0.25) is 4.79 Å². The monoisotopic (exact) mass is 382 g/mol. The number of amides is 1. The fourth-order valence-corrected chi connectivity index (χ4v) is 5.22. The minimum atomic E-state index is -3.86. The van der Waals surface area contributed by atoms with Crippen molar-refractivity contribution in [1.82, 2.24) is 9.21 Å². The summed E-state index contributed by atoms with van der Waals surface area (Å²) in [6.07, 6.45) is 1.04. The standard InChI is InChI=1S/C17H22N2O6S/c20-16(21)15-8-10-18(26(15,23)24)11-14-7-4-9-19(14)17(22)25-12-13-5-2-1-3-6-13/h1-3,5-6,14-15H,4,7-12H2,(H,20,21). The van der Waals surface area contributed by atoms with Gasteiger partial charge in [0, 0.05) is 25.7 Å². The predicted octanol–water partition coefficient (Wildman–Crippen LogP) is 1.28. The minimum absolute atomic E-state index is 0.0723. The minimum Gasteiger partial charge on any atom is -0.480 e. The first-order chi connectivity index (χ1) is 12.4. The average Bonchev–Trinajstić information content (AvgIpc) is 3.18. The van der Waals surface area contributed by atoms with Gasteiger partial charge < -0.3 is 14.7 Å². The summed E-state index contributed by atoms with van der Waals surface area (Å²) in [5.74, 6) is -1.32. The smallest absolute Gasteiger partial charge is 0.410 e. The molecule has 0 radical (unpaired) electrons. The second-order valence-electron chi connectivity index (χ2n) is 6.55. The van der Waals surface area contributed by atoms with Crippen LogP contribution in [-0.2, 0) is 26.2 Å². The summed E-state index contributed by atoms with van der Waals surface area (Å²) in [4.78, 5) is 25.0. The van der Waals surface area contributed by atoms with Crippen molar-refractivity contribution >= 4 is 22.1 Å². The van der Waals surface area contributed by atoms with E-state index in [1.807, 2.05) is 30.3 Å². The number of carboxylic acids is 1. The van der Waals surface area contributed by atoms with E-state index in [9.17, 15) is 18.0 Å². The molecule has 2 saturated heterocycles. The fourth-order valence-electron chi connectivity index (χ4n) is 3.47. The van der Waals surface area contributed by atoms with Crippen molar-refractivity contribution < 1.29 is 27.9 Å². The van der Waals surface area contributed by atoms with Crippen molar-refractivity contribution in [3.05, 3.63) is 35.9 Å². The Morgan fingerprint density at radius 3 is 2.54 bits per heavy atom. The highest BCUT2D eigenvalue weighted by molar-refractivity contribution is 7.90. The summed E-state index contributed by atoms with van der Waals surface area (Å²) < 4.78 is 31.2. The van der Waals surface area contributed by atoms with Crippen LogP contribution in [0.2, 0.25) is 0 Å². The number of sulfonamides is 1. The van der Waals surface area contributed by atoms with Crippen molar-refractivity contribution in [3.8, 4) is 0 Å². The van der Waals surface area contributed by atoms with Gasteiger partial charge in [0.05, 0.1) is 0 Å². The number of rotatable bonds is 5. The molecule has 0 saturated carbocycles. The van der Waals surface area contributed by atoms with Crippen LogP contribution in [0.3, 0.4) is 0 Å². The van der Waals surface area contributed by atoms with E-state index in [1.165, 1.54) is 4.31 Å². The topological polar surface area (TPSA) is 104 Å². The maximum Gasteiger partial charge on any atom is 0.410 e. The Bertz CT molecular complexity index is 767. The van der Waals surface area contributed by atoms with Crippen molar-refractivity contribution in [2.24, 2.45) is 0 Å². The third-order valence-corrected chi connectivity index (χ3v) is 7.07. The summed E-state index contributed by atoms with van der Waals surface area (Å²) in [7, 11) is -3.86. The number of hydrogen-bond donors (Lipinski definition) is 1. The molecule has 8 nitrogen and oxygen atoms in total. The maximum absolute atomic E-state index is 12.4. The van der Waals surface area contributed by atoms with Crippen LogP contribution in [0.1, 0.15) is 24.8 Å². The molecule has 2 heterocycles. The lowest BCUT2D eigenvalue weighted by Gasteiger charge is -2.27. The lowest BCUT2D eigenvalue weighted by molar-refractivity contribution is -0.136. The number of hydrogen-bond acceptors (Lipinski definition) is 5. The van der Waals surface area contributed by atoms with Crippen LogP contribution >= 0.6 is 0 Å². The molecular weight excluding hydrogens is 360 g/mol. The zero-order valence-electron chi connectivity index (χ0n) is 14.3. The molecule has 0 aliphatic carbocycles. The molecule has 2 aliphatic heterocycles. The molecule has 26 heavy (non-hydrogen) atoms. The number of aliphatic carboxylic acids is 1. The Morgan fingerprint density at radius 1 is 1.15 bits per heavy atom. The number of ether oxygens (including phenoxy) is 1. The Balaban J connectivity index is 1.60. The van der Waals surface area contributed by atoms with Crippen LogP contribution in [0.15, 0.2) is 30.3 Å². The molecule has 2 fully saturated rings. The van der Waals surface area contributed by atoms with E-state index in [0.29, 0.717) is 13.0 Å². The molecule has 2 atom stereocenters. The molecule has 1 N–H and O–H groups in total. The lowest BCUT2D eigenvalue weighted by Crippen LogP contribution is -2.45. The van der Waals surface area contributed by atoms with Crippen molar-refractivity contribution in [2.45, 2.75) is 37.2 Å². The Hall–Kier alpha value is -2.13. The molecule has 3 rings (SSSR count). The molecule has 1 aromatic carbocycles. The summed E-state index contributed by atoms with van der Waals surface area (Å²) >= 11 is 0. The lowest BCUT2D eigenvalue weighted by atomic mass is 10.2. The van der Waals surface area contributed by atoms with E-state index in [1.54, 1.807) is 4.90 Å². The zero-order chi connectivity index (χ0) is 18.7. The number of benzene rings is 1. The Labute approximate surface area is 152 Å². The van der Waals surface area contributed by atoms with E-state index in [0.717, 1.165) is 12.0 Å². The van der Waals surface area contributed by atoms with E-state index in [-0.39, 0.29) is 32.2 Å². The zero-order valence-corrected chi connectivity index (χ0v) is 15.1. The fraction of sp³-hybridized carbons (Fsp3) is 0.529. The Kier molecular flexibility index (Phi) is 5.47. The van der Waals surface area contributed by atoms with Crippen LogP contribution < -0.4 is 0 Å². The molecule has 0 bridgehead atoms. The van der Waals surface area contributed by atoms with Gasteiger partial charge in [0.1, 0.15) is 6.61 Å². The third-order valence-electron chi connectivity index (χ3n) is 4.87. The highest BCUT2D eigenvalue weighted by Crippen LogP contribution is 2.26. The van der Waals surface area contributed by atoms with Gasteiger partial charge in [-0.1, -0.05) is 30.3 Å². The van der Waals surface area contributed by atoms with Crippen LogP contribution in [0.25, 0.3) is 0 Å². The van der Waals surface area contributed by atoms with Gasteiger partial charge in [0.25, 0.3) is 0 Å². The van der Waals surface area contributed by atoms with Crippen molar-refractivity contribution in [3.63, 3.8) is 0 Å². The second-order valence-corrected chi connectivity index (χ2v) is 8.66. The first-order valence-corrected chi connectivity index (χ1v) is 10.1. The summed E-state index contributed by atoms with van der Waals surface area (Å²) in [5, 5.41) is 7.67. The average molecular weight is 382 g/mol. The van der Waals surface area contributed by atoms with Crippen LogP contribution in [0.5, 0.6) is 0 Å². The van der Waals surface area contributed by atoms with Crippen LogP contribution in [0, 0.1) is 0 Å². The molecule has 2 aliphatic rings. The molecule has 142 valence electrons. The number of carbonyl (C=O) groups excluding carboxylic acids is 1. The van der Waals surface area contributed by atoms with Gasteiger partial charge in [-0.2, -0.15) is 4.31 Å². The molecule has 0 spiro atoms. The van der Waals surface area contributed by atoms with Gasteiger partial charge >= 0.3 is 12.1 Å². The number of carboxylic acid groups (broad SMARTS) is 1. The Morgan fingerprint density at radius 2 is 1.88 bits per heavy atom. The molecule has 0 aromatic heterocycles. The number of carbonyl (C=O) groups is 2. The van der Waals surface area contributed by atoms with Crippen LogP contribution in [0.4, 0.5) is 4.79 Å². The summed E-state index contributed by atoms with van der Waals surface area (Å²) in [6, 6.07) is 9.02. The molecule has 1 aromatic rings. The van der Waals surface area contributed by atoms with E-state index in [4.69, 9.17) is 9.84 Å². The molecular formula is C17H22N2O6S. The SMILES string of the molecule is O=C(O)C1CCN(CC2CCCN2C(=O)OCc2ccccc2)S1(=O)=O. The highest BCUT2D eigenvalue weighted by Gasteiger charge is 2.45. The maximum atomic E-state index is 12.4. The van der Waals surface area contributed by atoms with Gasteiger partial charge in [-0.15, -0.1) is 0 Å². The quantitative estimate of drug-likeness (QED) is 0.823. The van der Waals surface area contributed by atoms with Crippen molar-refractivity contribution in [2.75, 3.05) is 19.6 Å². The van der Waals surface area contributed by atoms with Gasteiger partial charge in [-0.05, 0) is 24.8 Å². The number of likely N-dealkylation sites (tertiary alicyclic amines) is 1. The summed E-state index contributed by atoms with van der Waals surface area (Å²) in [6.45, 7) is 0.954. The van der Waals surface area contributed by atoms with Crippen LogP contribution in [-0.4, -0.2) is 65.7 Å². The second kappa shape index (κ2) is 7.63. The highest BCUT2D eigenvalue weighted by atomic mass is 32.2. The van der Waals surface area contributed by atoms with Crippen molar-refractivity contribution in [1.29, 1.82) is 0 Å². The summed E-state index contributed by atoms with van der Waals surface area (Å²) in [5.41, 5.74) is 0.878. The largest absolute Gasteiger partial charge is 0.480 e. The molecule has 9 heteroatoms. The first kappa shape index (κ1) is 18.7.